The van der Waals surface area contributed by atoms with E-state index in [1.54, 1.807) is 36.4 Å². The molecule has 0 aliphatic heterocycles. The summed E-state index contributed by atoms with van der Waals surface area (Å²) in [4.78, 5) is 0. The molecule has 0 amide bonds. The van der Waals surface area contributed by atoms with E-state index in [2.05, 4.69) is 5.09 Å². The number of rotatable bonds is 4. The second kappa shape index (κ2) is 6.09. The smallest absolute Gasteiger partial charge is 0.338 e. The predicted octanol–water partition coefficient (Wildman–Crippen LogP) is 5.62. The van der Waals surface area contributed by atoms with Gasteiger partial charge in [0, 0.05) is 22.4 Å². The van der Waals surface area contributed by atoms with Crippen LogP contribution in [0.3, 0.4) is 0 Å². The van der Waals surface area contributed by atoms with E-state index in [1.165, 1.54) is 6.66 Å². The predicted molar refractivity (Wildman–Crippen MR) is 85.4 cm³/mol. The molecule has 2 aromatic rings. The van der Waals surface area contributed by atoms with Gasteiger partial charge in [0.25, 0.3) is 0 Å². The van der Waals surface area contributed by atoms with Crippen LogP contribution >= 0.6 is 30.7 Å². The fourth-order valence-corrected chi connectivity index (χ4v) is 3.20. The fourth-order valence-electron chi connectivity index (χ4n) is 1.65. The molecule has 0 saturated carbocycles. The molecule has 0 aliphatic rings. The maximum atomic E-state index is 12.5. The summed E-state index contributed by atoms with van der Waals surface area (Å²) in [6.07, 6.45) is 0. The summed E-state index contributed by atoms with van der Waals surface area (Å²) in [5.41, 5.74) is 1.63. The highest BCUT2D eigenvalue weighted by Crippen LogP contribution is 2.44. The zero-order valence-electron chi connectivity index (χ0n) is 11.1. The molecule has 0 spiro atoms. The molecular weight excluding hydrogens is 316 g/mol. The third-order valence-corrected chi connectivity index (χ3v) is 4.31. The summed E-state index contributed by atoms with van der Waals surface area (Å²) < 4.78 is 18.0. The van der Waals surface area contributed by atoms with Crippen LogP contribution in [0.25, 0.3) is 0 Å². The Bertz CT molecular complexity index is 659. The summed E-state index contributed by atoms with van der Waals surface area (Å²) in [5.74, 6) is 0.493. The highest BCUT2D eigenvalue weighted by Gasteiger charge is 2.18. The molecule has 0 aromatic heterocycles. The summed E-state index contributed by atoms with van der Waals surface area (Å²) in [7, 11) is -3.05. The Morgan fingerprint density at radius 3 is 2.30 bits per heavy atom. The lowest BCUT2D eigenvalue weighted by molar-refractivity contribution is 0.493. The standard InChI is InChI=1S/C14H14Cl2NO2P/c1-10-3-4-12(16)9-14(10)17-20(2,18)19-13-7-5-11(15)6-8-13/h3-9H,1-2H3,(H,17,18)/t20-/m0/s1. The molecule has 6 heteroatoms. The highest BCUT2D eigenvalue weighted by atomic mass is 35.5. The van der Waals surface area contributed by atoms with Gasteiger partial charge in [0.05, 0.1) is 0 Å². The first-order chi connectivity index (χ1) is 9.35. The summed E-state index contributed by atoms with van der Waals surface area (Å²) in [6, 6.07) is 12.1. The van der Waals surface area contributed by atoms with Gasteiger partial charge in [0.2, 0.25) is 0 Å². The van der Waals surface area contributed by atoms with E-state index < -0.39 is 7.52 Å². The molecule has 106 valence electrons. The van der Waals surface area contributed by atoms with Gasteiger partial charge < -0.3 is 9.61 Å². The lowest BCUT2D eigenvalue weighted by Crippen LogP contribution is -2.03. The normalized spacial score (nSPS) is 13.6. The molecule has 0 bridgehead atoms. The number of halogens is 2. The number of hydrogen-bond acceptors (Lipinski definition) is 2. The Labute approximate surface area is 128 Å². The monoisotopic (exact) mass is 329 g/mol. The van der Waals surface area contributed by atoms with Gasteiger partial charge in [-0.25, -0.2) is 0 Å². The Balaban J connectivity index is 2.16. The molecule has 1 N–H and O–H groups in total. The van der Waals surface area contributed by atoms with E-state index in [9.17, 15) is 4.57 Å². The Hall–Kier alpha value is -1.15. The molecule has 1 atom stereocenters. The maximum Gasteiger partial charge on any atom is 0.338 e. The number of hydrogen-bond donors (Lipinski definition) is 1. The van der Waals surface area contributed by atoms with Crippen molar-refractivity contribution < 1.29 is 9.09 Å². The van der Waals surface area contributed by atoms with Crippen LogP contribution < -0.4 is 9.61 Å². The molecular formula is C14H14Cl2NO2P. The molecule has 3 nitrogen and oxygen atoms in total. The second-order valence-electron chi connectivity index (χ2n) is 4.46. The largest absolute Gasteiger partial charge is 0.429 e. The van der Waals surface area contributed by atoms with Crippen molar-refractivity contribution in [2.24, 2.45) is 0 Å². The van der Waals surface area contributed by atoms with Gasteiger partial charge in [-0.15, -0.1) is 0 Å². The van der Waals surface area contributed by atoms with Crippen LogP contribution in [-0.4, -0.2) is 6.66 Å². The van der Waals surface area contributed by atoms with E-state index >= 15 is 0 Å². The Morgan fingerprint density at radius 1 is 1.05 bits per heavy atom. The zero-order chi connectivity index (χ0) is 14.8. The third-order valence-electron chi connectivity index (χ3n) is 2.62. The summed E-state index contributed by atoms with van der Waals surface area (Å²) in [5, 5.41) is 4.08. The quantitative estimate of drug-likeness (QED) is 0.740. The molecule has 0 radical (unpaired) electrons. The van der Waals surface area contributed by atoms with Crippen molar-refractivity contribution in [3.63, 3.8) is 0 Å². The van der Waals surface area contributed by atoms with Gasteiger partial charge >= 0.3 is 7.52 Å². The Morgan fingerprint density at radius 2 is 1.65 bits per heavy atom. The molecule has 0 aliphatic carbocycles. The molecule has 0 heterocycles. The van der Waals surface area contributed by atoms with Crippen molar-refractivity contribution in [3.05, 3.63) is 58.1 Å². The SMILES string of the molecule is Cc1ccc(Cl)cc1N[P@@](C)(=O)Oc1ccc(Cl)cc1. The third kappa shape index (κ3) is 4.17. The first-order valence-corrected chi connectivity index (χ1v) is 8.76. The lowest BCUT2D eigenvalue weighted by Gasteiger charge is -2.19. The van der Waals surface area contributed by atoms with Crippen LogP contribution in [0.1, 0.15) is 5.56 Å². The number of aryl methyl sites for hydroxylation is 1. The van der Waals surface area contributed by atoms with Gasteiger partial charge in [-0.3, -0.25) is 4.57 Å². The average Bonchev–Trinajstić information content (AvgIpc) is 2.36. The van der Waals surface area contributed by atoms with E-state index in [0.29, 0.717) is 21.5 Å². The Kier molecular flexibility index (Phi) is 4.64. The van der Waals surface area contributed by atoms with Crippen LogP contribution in [-0.2, 0) is 4.57 Å². The number of nitrogens with one attached hydrogen (secondary N) is 1. The van der Waals surface area contributed by atoms with Gasteiger partial charge in [-0.1, -0.05) is 29.3 Å². The van der Waals surface area contributed by atoms with Gasteiger partial charge in [0.15, 0.2) is 0 Å². The van der Waals surface area contributed by atoms with Gasteiger partial charge in [-0.2, -0.15) is 0 Å². The average molecular weight is 330 g/mol. The van der Waals surface area contributed by atoms with Crippen molar-refractivity contribution >= 4 is 36.4 Å². The van der Waals surface area contributed by atoms with Crippen molar-refractivity contribution in [2.75, 3.05) is 11.8 Å². The number of anilines is 1. The van der Waals surface area contributed by atoms with Crippen molar-refractivity contribution in [1.82, 2.24) is 0 Å². The maximum absolute atomic E-state index is 12.5. The molecule has 2 aromatic carbocycles. The van der Waals surface area contributed by atoms with Gasteiger partial charge in [-0.05, 0) is 48.9 Å². The molecule has 20 heavy (non-hydrogen) atoms. The highest BCUT2D eigenvalue weighted by molar-refractivity contribution is 7.60. The lowest BCUT2D eigenvalue weighted by atomic mass is 10.2. The van der Waals surface area contributed by atoms with Crippen molar-refractivity contribution in [2.45, 2.75) is 6.92 Å². The second-order valence-corrected chi connectivity index (χ2v) is 7.43. The first kappa shape index (κ1) is 15.2. The molecule has 0 unspecified atom stereocenters. The minimum absolute atomic E-state index is 0.493. The van der Waals surface area contributed by atoms with Crippen LogP contribution in [0.2, 0.25) is 10.0 Å². The van der Waals surface area contributed by atoms with Gasteiger partial charge in [0.1, 0.15) is 5.75 Å². The minimum Gasteiger partial charge on any atom is -0.429 e. The van der Waals surface area contributed by atoms with Crippen molar-refractivity contribution in [1.29, 1.82) is 0 Å². The van der Waals surface area contributed by atoms with Crippen LogP contribution in [0.15, 0.2) is 42.5 Å². The van der Waals surface area contributed by atoms with E-state index in [4.69, 9.17) is 27.7 Å². The zero-order valence-corrected chi connectivity index (χ0v) is 13.5. The van der Waals surface area contributed by atoms with Crippen molar-refractivity contribution in [3.8, 4) is 5.75 Å². The summed E-state index contributed by atoms with van der Waals surface area (Å²) in [6.45, 7) is 3.42. The molecule has 2 rings (SSSR count). The summed E-state index contributed by atoms with van der Waals surface area (Å²) >= 11 is 11.7. The van der Waals surface area contributed by atoms with E-state index in [-0.39, 0.29) is 0 Å². The van der Waals surface area contributed by atoms with Crippen LogP contribution in [0.5, 0.6) is 5.75 Å². The first-order valence-electron chi connectivity index (χ1n) is 5.93. The van der Waals surface area contributed by atoms with Crippen LogP contribution in [0, 0.1) is 6.92 Å². The van der Waals surface area contributed by atoms with Crippen LogP contribution in [0.4, 0.5) is 5.69 Å². The van der Waals surface area contributed by atoms with E-state index in [0.717, 1.165) is 5.56 Å². The molecule has 0 saturated heterocycles. The molecule has 0 fully saturated rings. The minimum atomic E-state index is -3.05. The van der Waals surface area contributed by atoms with E-state index in [1.807, 2.05) is 13.0 Å². The topological polar surface area (TPSA) is 38.3 Å². The fraction of sp³-hybridized carbons (Fsp3) is 0.143. The number of benzene rings is 2.